The molecule has 308 valence electrons. The molecule has 0 aliphatic carbocycles. The van der Waals surface area contributed by atoms with Gasteiger partial charge in [0.25, 0.3) is 20.0 Å². The maximum atomic E-state index is 13.5. The number of rotatable bonds is 11. The van der Waals surface area contributed by atoms with E-state index < -0.39 is 27.1 Å². The minimum Gasteiger partial charge on any atom is -0.437 e. The van der Waals surface area contributed by atoms with Crippen molar-refractivity contribution in [3.05, 3.63) is 106 Å². The van der Waals surface area contributed by atoms with Crippen LogP contribution in [0.15, 0.2) is 94.7 Å². The monoisotopic (exact) mass is 864 g/mol. The number of aliphatic hydroxyl groups excluding tert-OH is 3. The van der Waals surface area contributed by atoms with Gasteiger partial charge in [-0.3, -0.25) is 4.72 Å². The van der Waals surface area contributed by atoms with Crippen LogP contribution in [-0.4, -0.2) is 114 Å². The van der Waals surface area contributed by atoms with E-state index >= 15 is 0 Å². The minimum atomic E-state index is -3.97. The highest BCUT2D eigenvalue weighted by Crippen LogP contribution is 2.32. The van der Waals surface area contributed by atoms with Crippen LogP contribution in [0.25, 0.3) is 0 Å². The SMILES string of the molecule is CB(O)N1CCC(N(c2cccc(CO)n2)S(=O)(=O)c2ccccc2Cl)CC1.CB(O)N1CCC(O)CC1.O=S(=O)(Nc1cccc(CO)n1)c1ccccc1Cl. The van der Waals surface area contributed by atoms with E-state index in [1.165, 1.54) is 28.6 Å². The number of aromatic nitrogens is 2. The Hall–Kier alpha value is -3.33. The van der Waals surface area contributed by atoms with Crippen LogP contribution in [0.3, 0.4) is 0 Å². The average Bonchev–Trinajstić information content (AvgIpc) is 3.19. The highest BCUT2D eigenvalue weighted by Gasteiger charge is 2.37. The fourth-order valence-electron chi connectivity index (χ4n) is 6.18. The second kappa shape index (κ2) is 21.6. The van der Waals surface area contributed by atoms with Crippen LogP contribution in [0.1, 0.15) is 37.1 Å². The van der Waals surface area contributed by atoms with Crippen molar-refractivity contribution in [2.75, 3.05) is 35.2 Å². The van der Waals surface area contributed by atoms with Crippen molar-refractivity contribution in [1.29, 1.82) is 0 Å². The summed E-state index contributed by atoms with van der Waals surface area (Å²) in [6.07, 6.45) is 2.53. The van der Waals surface area contributed by atoms with E-state index in [-0.39, 0.29) is 63.9 Å². The molecular weight excluding hydrogens is 817 g/mol. The maximum absolute atomic E-state index is 13.5. The Morgan fingerprint density at radius 1 is 0.702 bits per heavy atom. The molecule has 2 aliphatic rings. The lowest BCUT2D eigenvalue weighted by Crippen LogP contribution is -2.51. The third kappa shape index (κ3) is 13.1. The molecule has 6 rings (SSSR count). The topological polar surface area (TPSA) is 217 Å². The number of benzene rings is 2. The molecule has 2 aromatic heterocycles. The summed E-state index contributed by atoms with van der Waals surface area (Å²) < 4.78 is 55.0. The number of hydrogen-bond donors (Lipinski definition) is 6. The molecule has 2 fully saturated rings. The molecule has 4 aromatic rings. The second-order valence-electron chi connectivity index (χ2n) is 13.4. The molecule has 57 heavy (non-hydrogen) atoms. The lowest BCUT2D eigenvalue weighted by molar-refractivity contribution is 0.107. The summed E-state index contributed by atoms with van der Waals surface area (Å²) >= 11 is 12.0. The Morgan fingerprint density at radius 2 is 1.18 bits per heavy atom. The van der Waals surface area contributed by atoms with Crippen LogP contribution in [0.2, 0.25) is 23.7 Å². The number of piperidine rings is 2. The van der Waals surface area contributed by atoms with Gasteiger partial charge in [-0.15, -0.1) is 0 Å². The van der Waals surface area contributed by atoms with E-state index in [9.17, 15) is 27.0 Å². The normalized spacial score (nSPS) is 15.7. The Balaban J connectivity index is 0.000000213. The van der Waals surface area contributed by atoms with Crippen molar-refractivity contribution in [2.45, 2.75) is 74.5 Å². The predicted octanol–water partition coefficient (Wildman–Crippen LogP) is 3.58. The van der Waals surface area contributed by atoms with Gasteiger partial charge in [0.05, 0.1) is 40.8 Å². The molecule has 0 unspecified atom stereocenters. The van der Waals surface area contributed by atoms with Crippen LogP contribution < -0.4 is 9.03 Å². The molecule has 0 bridgehead atoms. The lowest BCUT2D eigenvalue weighted by atomic mass is 9.82. The third-order valence-electron chi connectivity index (χ3n) is 9.27. The number of anilines is 2. The summed E-state index contributed by atoms with van der Waals surface area (Å²) in [5.41, 5.74) is 0.762. The molecule has 21 heteroatoms. The summed E-state index contributed by atoms with van der Waals surface area (Å²) in [4.78, 5) is 12.1. The highest BCUT2D eigenvalue weighted by molar-refractivity contribution is 7.93. The van der Waals surface area contributed by atoms with Gasteiger partial charge in [-0.25, -0.2) is 31.1 Å². The van der Waals surface area contributed by atoms with Crippen LogP contribution in [-0.2, 0) is 33.3 Å². The Morgan fingerprint density at radius 3 is 1.68 bits per heavy atom. The number of halogens is 2. The number of aliphatic hydroxyl groups is 3. The van der Waals surface area contributed by atoms with Gasteiger partial charge in [0.2, 0.25) is 0 Å². The van der Waals surface area contributed by atoms with Crippen molar-refractivity contribution in [2.24, 2.45) is 0 Å². The summed E-state index contributed by atoms with van der Waals surface area (Å²) in [5, 5.41) is 46.7. The smallest absolute Gasteiger partial charge is 0.376 e. The van der Waals surface area contributed by atoms with Crippen molar-refractivity contribution in [3.63, 3.8) is 0 Å². The molecule has 15 nitrogen and oxygen atoms in total. The van der Waals surface area contributed by atoms with Crippen molar-refractivity contribution in [1.82, 2.24) is 19.6 Å². The predicted molar refractivity (Wildman–Crippen MR) is 223 cm³/mol. The largest absolute Gasteiger partial charge is 0.437 e. The molecule has 0 spiro atoms. The molecular formula is C36H48B2Cl2N6O9S2. The number of nitrogens with one attached hydrogen (secondary N) is 1. The first-order valence-corrected chi connectivity index (χ1v) is 22.0. The van der Waals surface area contributed by atoms with Gasteiger partial charge in [-0.1, -0.05) is 59.6 Å². The summed E-state index contributed by atoms with van der Waals surface area (Å²) in [6, 6.07) is 21.7. The molecule has 0 atom stereocenters. The van der Waals surface area contributed by atoms with E-state index in [1.54, 1.807) is 74.3 Å². The summed E-state index contributed by atoms with van der Waals surface area (Å²) in [5.74, 6) is 0.383. The molecule has 4 heterocycles. The lowest BCUT2D eigenvalue weighted by Gasteiger charge is -2.39. The fraction of sp³-hybridized carbons (Fsp3) is 0.389. The molecule has 6 N–H and O–H groups in total. The summed E-state index contributed by atoms with van der Waals surface area (Å²) in [7, 11) is -8.70. The van der Waals surface area contributed by atoms with Gasteiger partial charge < -0.3 is 35.0 Å². The number of nitrogens with zero attached hydrogens (tertiary/aromatic N) is 5. The fourth-order valence-corrected chi connectivity index (χ4v) is 9.86. The van der Waals surface area contributed by atoms with Gasteiger partial charge in [0, 0.05) is 6.04 Å². The van der Waals surface area contributed by atoms with Crippen LogP contribution >= 0.6 is 23.2 Å². The van der Waals surface area contributed by atoms with E-state index in [0.29, 0.717) is 37.3 Å². The van der Waals surface area contributed by atoms with Crippen LogP contribution in [0.4, 0.5) is 11.6 Å². The standard InChI is InChI=1S/C18H23BClN3O4S.C12H11ClN2O3S.C6H14BNO2/c1-19(25)22-11-9-15(10-12-22)23(18-8-4-5-14(13-24)21-18)28(26,27)17-7-3-2-6-16(17)20;13-10-5-1-2-6-11(10)19(17,18)15-12-7-3-4-9(8-16)14-12;1-7(10)8-4-2-6(9)3-5-8/h2-8,15,24-25H,9-13H2,1H3;1-7,16H,8H2,(H,14,15);6,9-10H,2-5H2,1H3. The van der Waals surface area contributed by atoms with Gasteiger partial charge in [-0.2, -0.15) is 0 Å². The van der Waals surface area contributed by atoms with Crippen molar-refractivity contribution < 1.29 is 42.2 Å². The number of pyridine rings is 2. The van der Waals surface area contributed by atoms with Crippen LogP contribution in [0.5, 0.6) is 0 Å². The first-order valence-electron chi connectivity index (χ1n) is 18.3. The number of sulfonamides is 2. The Bertz CT molecular complexity index is 2110. The maximum Gasteiger partial charge on any atom is 0.376 e. The van der Waals surface area contributed by atoms with E-state index in [0.717, 1.165) is 25.9 Å². The minimum absolute atomic E-state index is 0.0193. The zero-order valence-electron chi connectivity index (χ0n) is 31.6. The molecule has 2 aromatic carbocycles. The van der Waals surface area contributed by atoms with Gasteiger partial charge in [0.1, 0.15) is 21.4 Å². The van der Waals surface area contributed by atoms with E-state index in [4.69, 9.17) is 38.4 Å². The first kappa shape index (κ1) is 46.4. The molecule has 2 aliphatic heterocycles. The Labute approximate surface area is 345 Å². The zero-order chi connectivity index (χ0) is 41.8. The zero-order valence-corrected chi connectivity index (χ0v) is 34.8. The first-order chi connectivity index (χ1) is 27.1. The number of hydrogen-bond acceptors (Lipinski definition) is 13. The van der Waals surface area contributed by atoms with E-state index in [1.807, 2.05) is 9.62 Å². The Kier molecular flexibility index (Phi) is 17.6. The van der Waals surface area contributed by atoms with Crippen molar-refractivity contribution in [3.8, 4) is 0 Å². The summed E-state index contributed by atoms with van der Waals surface area (Å²) in [6.45, 7) is 5.68. The quantitative estimate of drug-likeness (QED) is 0.119. The van der Waals surface area contributed by atoms with Gasteiger partial charge >= 0.3 is 14.1 Å². The van der Waals surface area contributed by atoms with E-state index in [2.05, 4.69) is 14.7 Å². The second-order valence-corrected chi connectivity index (χ2v) is 17.6. The molecule has 0 saturated carbocycles. The third-order valence-corrected chi connectivity index (χ3v) is 13.5. The van der Waals surface area contributed by atoms with Crippen LogP contribution in [0, 0.1) is 0 Å². The highest BCUT2D eigenvalue weighted by atomic mass is 35.5. The van der Waals surface area contributed by atoms with Gasteiger partial charge in [-0.05, 0) is 114 Å². The van der Waals surface area contributed by atoms with Crippen molar-refractivity contribution >= 4 is 69.0 Å². The van der Waals surface area contributed by atoms with Gasteiger partial charge in [0.15, 0.2) is 0 Å². The molecule has 2 saturated heterocycles. The molecule has 0 radical (unpaired) electrons. The molecule has 0 amide bonds. The average molecular weight is 865 g/mol.